The molecule has 3 atom stereocenters. The van der Waals surface area contributed by atoms with Crippen molar-refractivity contribution in [3.8, 4) is 0 Å². The molecule has 0 aromatic carbocycles. The van der Waals surface area contributed by atoms with E-state index in [1.54, 1.807) is 0 Å². The minimum Gasteiger partial charge on any atom is -0.462 e. The number of hydrogen-bond acceptors (Lipinski definition) is 9. The van der Waals surface area contributed by atoms with Gasteiger partial charge in [-0.25, -0.2) is 4.57 Å². The Kier molecular flexibility index (Phi) is 38.1. The number of esters is 2. The number of ether oxygens (including phenoxy) is 2. The molecule has 316 valence electrons. The highest BCUT2D eigenvalue weighted by atomic mass is 31.2. The highest BCUT2D eigenvalue weighted by molar-refractivity contribution is 7.47. The van der Waals surface area contributed by atoms with Crippen LogP contribution in [0.1, 0.15) is 187 Å². The fraction of sp³-hybridized carbons (Fsp3) is 0.814. The number of allylic oxidation sites excluding steroid dienone is 6. The zero-order valence-corrected chi connectivity index (χ0v) is 35.1. The molecule has 0 aromatic heterocycles. The molecule has 3 N–H and O–H groups in total. The van der Waals surface area contributed by atoms with Gasteiger partial charge in [-0.2, -0.15) is 0 Å². The highest BCUT2D eigenvalue weighted by Crippen LogP contribution is 2.43. The third-order valence-electron chi connectivity index (χ3n) is 9.06. The van der Waals surface area contributed by atoms with Gasteiger partial charge in [-0.15, -0.1) is 0 Å². The predicted molar refractivity (Wildman–Crippen MR) is 219 cm³/mol. The molecule has 0 aliphatic rings. The normalized spacial score (nSPS) is 14.2. The van der Waals surface area contributed by atoms with Crippen LogP contribution >= 0.6 is 7.82 Å². The Morgan fingerprint density at radius 3 is 1.54 bits per heavy atom. The summed E-state index contributed by atoms with van der Waals surface area (Å²) in [6.07, 6.45) is 39.6. The van der Waals surface area contributed by atoms with Gasteiger partial charge in [-0.3, -0.25) is 18.6 Å². The molecule has 0 fully saturated rings. The van der Waals surface area contributed by atoms with E-state index in [1.807, 2.05) is 0 Å². The van der Waals surface area contributed by atoms with E-state index in [4.69, 9.17) is 19.1 Å². The third-order valence-corrected chi connectivity index (χ3v) is 10.0. The maximum atomic E-state index is 12.6. The molecule has 0 aliphatic heterocycles. The smallest absolute Gasteiger partial charge is 0.462 e. The number of phosphoric ester groups is 1. The fourth-order valence-electron chi connectivity index (χ4n) is 5.77. The fourth-order valence-corrected chi connectivity index (χ4v) is 6.56. The SMILES string of the molecule is CC/C=C\C/C=C\C/C=C\CCCCCCCC(=O)OC[C@H](COP(=O)(O)OC[C@@H](O)CO)OC(=O)CCCCCCCCCCCCCCCCCC. The van der Waals surface area contributed by atoms with Crippen molar-refractivity contribution in [3.63, 3.8) is 0 Å². The third kappa shape index (κ3) is 38.5. The van der Waals surface area contributed by atoms with Gasteiger partial charge >= 0.3 is 19.8 Å². The zero-order chi connectivity index (χ0) is 39.8. The van der Waals surface area contributed by atoms with Crippen molar-refractivity contribution in [2.45, 2.75) is 199 Å². The minimum absolute atomic E-state index is 0.183. The lowest BCUT2D eigenvalue weighted by atomic mass is 10.0. The summed E-state index contributed by atoms with van der Waals surface area (Å²) in [7, 11) is -4.62. The van der Waals surface area contributed by atoms with E-state index < -0.39 is 51.8 Å². The summed E-state index contributed by atoms with van der Waals surface area (Å²) in [5, 5.41) is 18.3. The van der Waals surface area contributed by atoms with Gasteiger partial charge in [0.25, 0.3) is 0 Å². The van der Waals surface area contributed by atoms with Crippen molar-refractivity contribution < 1.29 is 47.8 Å². The lowest BCUT2D eigenvalue weighted by Crippen LogP contribution is -2.29. The molecule has 0 heterocycles. The van der Waals surface area contributed by atoms with E-state index in [1.165, 1.54) is 77.0 Å². The Morgan fingerprint density at radius 2 is 1.02 bits per heavy atom. The number of hydrogen-bond donors (Lipinski definition) is 3. The van der Waals surface area contributed by atoms with Crippen molar-refractivity contribution in [2.75, 3.05) is 26.4 Å². The summed E-state index contributed by atoms with van der Waals surface area (Å²) in [5.74, 6) is -0.940. The van der Waals surface area contributed by atoms with Crippen LogP contribution in [0.2, 0.25) is 0 Å². The van der Waals surface area contributed by atoms with Gasteiger partial charge < -0.3 is 24.6 Å². The van der Waals surface area contributed by atoms with Gasteiger partial charge in [0, 0.05) is 12.8 Å². The minimum atomic E-state index is -4.62. The Balaban J connectivity index is 4.31. The van der Waals surface area contributed by atoms with E-state index in [9.17, 15) is 24.2 Å². The van der Waals surface area contributed by atoms with Gasteiger partial charge in [0.2, 0.25) is 0 Å². The second-order valence-corrected chi connectivity index (χ2v) is 15.8. The molecule has 54 heavy (non-hydrogen) atoms. The molecule has 0 aromatic rings. The van der Waals surface area contributed by atoms with E-state index in [-0.39, 0.29) is 19.4 Å². The van der Waals surface area contributed by atoms with Crippen LogP contribution in [0.4, 0.5) is 0 Å². The van der Waals surface area contributed by atoms with E-state index >= 15 is 0 Å². The molecule has 0 aliphatic carbocycles. The monoisotopic (exact) mass is 787 g/mol. The first kappa shape index (κ1) is 52.2. The Bertz CT molecular complexity index is 999. The highest BCUT2D eigenvalue weighted by Gasteiger charge is 2.27. The van der Waals surface area contributed by atoms with Crippen LogP contribution < -0.4 is 0 Å². The lowest BCUT2D eigenvalue weighted by molar-refractivity contribution is -0.161. The Hall–Kier alpha value is -1.81. The molecule has 1 unspecified atom stereocenters. The lowest BCUT2D eigenvalue weighted by Gasteiger charge is -2.20. The second kappa shape index (κ2) is 39.4. The summed E-state index contributed by atoms with van der Waals surface area (Å²) in [6.45, 7) is 2.26. The maximum absolute atomic E-state index is 12.6. The number of unbranched alkanes of at least 4 members (excludes halogenated alkanes) is 20. The molecule has 0 spiro atoms. The predicted octanol–water partition coefficient (Wildman–Crippen LogP) is 11.2. The Morgan fingerprint density at radius 1 is 0.574 bits per heavy atom. The largest absolute Gasteiger partial charge is 0.472 e. The average Bonchev–Trinajstić information content (AvgIpc) is 3.16. The van der Waals surface area contributed by atoms with Crippen molar-refractivity contribution in [1.29, 1.82) is 0 Å². The molecule has 0 saturated carbocycles. The number of carbonyl (C=O) groups excluding carboxylic acids is 2. The first-order valence-corrected chi connectivity index (χ1v) is 22.9. The van der Waals surface area contributed by atoms with Crippen LogP contribution in [0.5, 0.6) is 0 Å². The number of rotatable bonds is 40. The topological polar surface area (TPSA) is 149 Å². The summed E-state index contributed by atoms with van der Waals surface area (Å²) < 4.78 is 32.7. The maximum Gasteiger partial charge on any atom is 0.472 e. The van der Waals surface area contributed by atoms with Gasteiger partial charge in [0.05, 0.1) is 19.8 Å². The Labute approximate surface area is 329 Å². The first-order chi connectivity index (χ1) is 26.2. The van der Waals surface area contributed by atoms with Crippen LogP contribution in [0.25, 0.3) is 0 Å². The molecule has 0 radical (unpaired) electrons. The van der Waals surface area contributed by atoms with Crippen LogP contribution in [0.3, 0.4) is 0 Å². The number of aliphatic hydroxyl groups is 2. The summed E-state index contributed by atoms with van der Waals surface area (Å²) in [4.78, 5) is 35.0. The molecule has 11 heteroatoms. The molecule has 0 bridgehead atoms. The van der Waals surface area contributed by atoms with Crippen molar-refractivity contribution in [2.24, 2.45) is 0 Å². The van der Waals surface area contributed by atoms with Crippen LogP contribution in [0, 0.1) is 0 Å². The molecular weight excluding hydrogens is 707 g/mol. The standard InChI is InChI=1S/C43H79O10P/c1-3-5-7-9-11-13-15-17-19-21-23-25-27-29-31-33-35-43(47)53-41(39-52-54(48,49)51-37-40(45)36-44)38-50-42(46)34-32-30-28-26-24-22-20-18-16-14-12-10-8-6-4-2/h6,8,12,14,18,20,40-41,44-45H,3-5,7,9-11,13,15-17,19,21-39H2,1-2H3,(H,48,49)/b8-6-,14-12-,20-18-/t40-,41+/m0/s1. The average molecular weight is 787 g/mol. The number of carbonyl (C=O) groups is 2. The van der Waals surface area contributed by atoms with Crippen molar-refractivity contribution in [1.82, 2.24) is 0 Å². The quantitative estimate of drug-likeness (QED) is 0.0237. The molecule has 10 nitrogen and oxygen atoms in total. The van der Waals surface area contributed by atoms with Crippen molar-refractivity contribution in [3.05, 3.63) is 36.5 Å². The van der Waals surface area contributed by atoms with E-state index in [2.05, 4.69) is 54.8 Å². The second-order valence-electron chi connectivity index (χ2n) is 14.3. The molecule has 0 rings (SSSR count). The number of aliphatic hydroxyl groups excluding tert-OH is 2. The number of phosphoric acid groups is 1. The molecular formula is C43H79O10P. The first-order valence-electron chi connectivity index (χ1n) is 21.4. The summed E-state index contributed by atoms with van der Waals surface area (Å²) in [5.41, 5.74) is 0. The van der Waals surface area contributed by atoms with Crippen LogP contribution in [-0.4, -0.2) is 65.7 Å². The van der Waals surface area contributed by atoms with Gasteiger partial charge in [-0.05, 0) is 44.9 Å². The molecule has 0 saturated heterocycles. The summed E-state index contributed by atoms with van der Waals surface area (Å²) in [6, 6.07) is 0. The molecule has 0 amide bonds. The van der Waals surface area contributed by atoms with Crippen LogP contribution in [0.15, 0.2) is 36.5 Å². The van der Waals surface area contributed by atoms with Crippen molar-refractivity contribution >= 4 is 19.8 Å². The van der Waals surface area contributed by atoms with Gasteiger partial charge in [0.15, 0.2) is 6.10 Å². The summed E-state index contributed by atoms with van der Waals surface area (Å²) >= 11 is 0. The van der Waals surface area contributed by atoms with Crippen LogP contribution in [-0.2, 0) is 32.7 Å². The van der Waals surface area contributed by atoms with Gasteiger partial charge in [0.1, 0.15) is 12.7 Å². The van der Waals surface area contributed by atoms with E-state index in [0.29, 0.717) is 12.8 Å². The van der Waals surface area contributed by atoms with E-state index in [0.717, 1.165) is 70.6 Å². The zero-order valence-electron chi connectivity index (χ0n) is 34.2. The van der Waals surface area contributed by atoms with Gasteiger partial charge in [-0.1, -0.05) is 166 Å².